The summed E-state index contributed by atoms with van der Waals surface area (Å²) in [5, 5.41) is 1.12. The molecule has 0 unspecified atom stereocenters. The van der Waals surface area contributed by atoms with Crippen LogP contribution in [0.15, 0.2) is 24.3 Å². The average Bonchev–Trinajstić information content (AvgIpc) is 2.26. The van der Waals surface area contributed by atoms with Crippen molar-refractivity contribution in [2.24, 2.45) is 5.41 Å². The summed E-state index contributed by atoms with van der Waals surface area (Å²) in [4.78, 5) is 6.86. The molecule has 0 amide bonds. The molecular weight excluding hydrogens is 234 g/mol. The summed E-state index contributed by atoms with van der Waals surface area (Å²) >= 11 is 0. The maximum Gasteiger partial charge on any atom is 0.0727 e. The van der Waals surface area contributed by atoms with Crippen molar-refractivity contribution in [3.63, 3.8) is 0 Å². The Balaban J connectivity index is 2.55. The maximum atomic E-state index is 5.91. The zero-order valence-electron chi connectivity index (χ0n) is 12.5. The average molecular weight is 257 g/mol. The van der Waals surface area contributed by atoms with E-state index in [1.165, 1.54) is 5.69 Å². The lowest BCUT2D eigenvalue weighted by atomic mass is 9.96. The molecule has 2 N–H and O–H groups in total. The van der Waals surface area contributed by atoms with Crippen LogP contribution in [0.4, 0.5) is 11.4 Å². The molecule has 0 radical (unpaired) electrons. The second-order valence-electron chi connectivity index (χ2n) is 6.48. The third-order valence-corrected chi connectivity index (χ3v) is 3.06. The first kappa shape index (κ1) is 13.7. The van der Waals surface area contributed by atoms with Gasteiger partial charge in [-0.3, -0.25) is 4.98 Å². The van der Waals surface area contributed by atoms with E-state index in [-0.39, 0.29) is 5.41 Å². The van der Waals surface area contributed by atoms with Crippen LogP contribution in [0.5, 0.6) is 0 Å². The van der Waals surface area contributed by atoms with E-state index in [9.17, 15) is 0 Å². The lowest BCUT2D eigenvalue weighted by Crippen LogP contribution is -2.29. The van der Waals surface area contributed by atoms with Crippen molar-refractivity contribution in [1.29, 1.82) is 0 Å². The van der Waals surface area contributed by atoms with E-state index in [4.69, 9.17) is 5.73 Å². The van der Waals surface area contributed by atoms with E-state index in [2.05, 4.69) is 43.8 Å². The molecule has 1 aromatic heterocycles. The molecule has 2 aromatic rings. The number of anilines is 2. The number of nitrogen functional groups attached to an aromatic ring is 1. The van der Waals surface area contributed by atoms with Crippen LogP contribution in [0.1, 0.15) is 26.5 Å². The highest BCUT2D eigenvalue weighted by atomic mass is 15.1. The van der Waals surface area contributed by atoms with Gasteiger partial charge in [0.15, 0.2) is 0 Å². The van der Waals surface area contributed by atoms with Gasteiger partial charge in [-0.05, 0) is 36.6 Å². The second-order valence-corrected chi connectivity index (χ2v) is 6.48. The fourth-order valence-electron chi connectivity index (χ4n) is 2.47. The molecule has 0 spiro atoms. The predicted octanol–water partition coefficient (Wildman–Crippen LogP) is 3.61. The zero-order chi connectivity index (χ0) is 14.2. The van der Waals surface area contributed by atoms with Crippen molar-refractivity contribution in [3.05, 3.63) is 30.0 Å². The standard InChI is InChI=1S/C16H23N3/c1-11-8-15(19(5)10-16(2,3)4)13-9-12(17)6-7-14(13)18-11/h6-9H,10,17H2,1-5H3. The Morgan fingerprint density at radius 2 is 1.89 bits per heavy atom. The molecule has 3 nitrogen and oxygen atoms in total. The molecule has 0 saturated heterocycles. The summed E-state index contributed by atoms with van der Waals surface area (Å²) in [6, 6.07) is 8.04. The molecule has 0 saturated carbocycles. The fourth-order valence-corrected chi connectivity index (χ4v) is 2.47. The van der Waals surface area contributed by atoms with E-state index in [1.807, 2.05) is 25.1 Å². The lowest BCUT2D eigenvalue weighted by Gasteiger charge is -2.29. The van der Waals surface area contributed by atoms with Crippen LogP contribution in [0.3, 0.4) is 0 Å². The van der Waals surface area contributed by atoms with E-state index < -0.39 is 0 Å². The Hall–Kier alpha value is -1.77. The first-order valence-electron chi connectivity index (χ1n) is 6.64. The van der Waals surface area contributed by atoms with Gasteiger partial charge < -0.3 is 10.6 Å². The maximum absolute atomic E-state index is 5.91. The highest BCUT2D eigenvalue weighted by molar-refractivity contribution is 5.93. The van der Waals surface area contributed by atoms with Gasteiger partial charge in [-0.15, -0.1) is 0 Å². The van der Waals surface area contributed by atoms with Crippen molar-refractivity contribution in [2.45, 2.75) is 27.7 Å². The van der Waals surface area contributed by atoms with E-state index in [0.717, 1.165) is 28.8 Å². The molecule has 0 fully saturated rings. The summed E-state index contributed by atoms with van der Waals surface area (Å²) < 4.78 is 0. The van der Waals surface area contributed by atoms with E-state index >= 15 is 0 Å². The highest BCUT2D eigenvalue weighted by Gasteiger charge is 2.16. The molecule has 1 aromatic carbocycles. The first-order valence-corrected chi connectivity index (χ1v) is 6.64. The normalized spacial score (nSPS) is 11.8. The number of benzene rings is 1. The number of nitrogens with two attached hydrogens (primary N) is 1. The Morgan fingerprint density at radius 3 is 2.53 bits per heavy atom. The number of fused-ring (bicyclic) bond motifs is 1. The SMILES string of the molecule is Cc1cc(N(C)CC(C)(C)C)c2cc(N)ccc2n1. The van der Waals surface area contributed by atoms with Gasteiger partial charge in [-0.2, -0.15) is 0 Å². The van der Waals surface area contributed by atoms with Gasteiger partial charge in [0, 0.05) is 36.0 Å². The summed E-state index contributed by atoms with van der Waals surface area (Å²) in [5.74, 6) is 0. The zero-order valence-corrected chi connectivity index (χ0v) is 12.5. The van der Waals surface area contributed by atoms with Gasteiger partial charge in [0.25, 0.3) is 0 Å². The number of nitrogens with zero attached hydrogens (tertiary/aromatic N) is 2. The molecule has 102 valence electrons. The topological polar surface area (TPSA) is 42.1 Å². The number of rotatable bonds is 2. The van der Waals surface area contributed by atoms with Crippen molar-refractivity contribution in [1.82, 2.24) is 4.98 Å². The molecule has 1 heterocycles. The van der Waals surface area contributed by atoms with Gasteiger partial charge in [0.2, 0.25) is 0 Å². The molecule has 0 aliphatic heterocycles. The molecule has 19 heavy (non-hydrogen) atoms. The minimum Gasteiger partial charge on any atom is -0.399 e. The Labute approximate surface area is 115 Å². The van der Waals surface area contributed by atoms with E-state index in [1.54, 1.807) is 0 Å². The molecule has 0 bridgehead atoms. The van der Waals surface area contributed by atoms with Crippen LogP contribution in [0.25, 0.3) is 10.9 Å². The minimum absolute atomic E-state index is 0.249. The number of hydrogen-bond donors (Lipinski definition) is 1. The Morgan fingerprint density at radius 1 is 1.21 bits per heavy atom. The third kappa shape index (κ3) is 3.16. The van der Waals surface area contributed by atoms with Crippen molar-refractivity contribution in [3.8, 4) is 0 Å². The molecule has 0 aliphatic carbocycles. The quantitative estimate of drug-likeness (QED) is 0.836. The molecule has 0 atom stereocenters. The molecule has 3 heteroatoms. The minimum atomic E-state index is 0.249. The second kappa shape index (κ2) is 4.72. The van der Waals surface area contributed by atoms with Crippen LogP contribution in [-0.4, -0.2) is 18.6 Å². The van der Waals surface area contributed by atoms with Crippen LogP contribution in [-0.2, 0) is 0 Å². The van der Waals surface area contributed by atoms with Crippen LogP contribution >= 0.6 is 0 Å². The summed E-state index contributed by atoms with van der Waals surface area (Å²) in [6.07, 6.45) is 0. The van der Waals surface area contributed by atoms with Gasteiger partial charge in [-0.25, -0.2) is 0 Å². The third-order valence-electron chi connectivity index (χ3n) is 3.06. The number of aryl methyl sites for hydroxylation is 1. The van der Waals surface area contributed by atoms with Crippen LogP contribution in [0.2, 0.25) is 0 Å². The lowest BCUT2D eigenvalue weighted by molar-refractivity contribution is 0.419. The smallest absolute Gasteiger partial charge is 0.0727 e. The number of aromatic nitrogens is 1. The van der Waals surface area contributed by atoms with Crippen molar-refractivity contribution in [2.75, 3.05) is 24.2 Å². The van der Waals surface area contributed by atoms with Crippen LogP contribution in [0, 0.1) is 12.3 Å². The molecule has 0 aliphatic rings. The summed E-state index contributed by atoms with van der Waals surface area (Å²) in [6.45, 7) is 9.75. The van der Waals surface area contributed by atoms with Gasteiger partial charge in [-0.1, -0.05) is 20.8 Å². The summed E-state index contributed by atoms with van der Waals surface area (Å²) in [5.41, 5.74) is 10.2. The predicted molar refractivity (Wildman–Crippen MR) is 83.6 cm³/mol. The number of pyridine rings is 1. The molecule has 2 rings (SSSR count). The van der Waals surface area contributed by atoms with E-state index in [0.29, 0.717) is 0 Å². The summed E-state index contributed by atoms with van der Waals surface area (Å²) in [7, 11) is 2.13. The van der Waals surface area contributed by atoms with Gasteiger partial charge in [0.05, 0.1) is 5.52 Å². The number of hydrogen-bond acceptors (Lipinski definition) is 3. The highest BCUT2D eigenvalue weighted by Crippen LogP contribution is 2.29. The first-order chi connectivity index (χ1) is 8.76. The van der Waals surface area contributed by atoms with Gasteiger partial charge in [0.1, 0.15) is 0 Å². The monoisotopic (exact) mass is 257 g/mol. The van der Waals surface area contributed by atoms with Gasteiger partial charge >= 0.3 is 0 Å². The van der Waals surface area contributed by atoms with Crippen LogP contribution < -0.4 is 10.6 Å². The fraction of sp³-hybridized carbons (Fsp3) is 0.438. The van der Waals surface area contributed by atoms with Crippen molar-refractivity contribution < 1.29 is 0 Å². The Bertz CT molecular complexity index is 597. The Kier molecular flexibility index (Phi) is 3.40. The van der Waals surface area contributed by atoms with Crippen molar-refractivity contribution >= 4 is 22.3 Å². The largest absolute Gasteiger partial charge is 0.399 e. The molecular formula is C16H23N3.